The number of rotatable bonds is 3. The number of hydrogen-bond acceptors (Lipinski definition) is 4. The van der Waals surface area contributed by atoms with Gasteiger partial charge >= 0.3 is 5.97 Å². The fourth-order valence-corrected chi connectivity index (χ4v) is 2.21. The Hall–Kier alpha value is -2.14. The number of hydrogen-bond donors (Lipinski definition) is 0. The highest BCUT2D eigenvalue weighted by Crippen LogP contribution is 2.21. The lowest BCUT2D eigenvalue weighted by Crippen LogP contribution is -2.08. The lowest BCUT2D eigenvalue weighted by molar-refractivity contribution is 0.0590. The molecule has 2 aromatic rings. The highest BCUT2D eigenvalue weighted by atomic mass is 35.5. The van der Waals surface area contributed by atoms with E-state index in [-0.39, 0.29) is 17.0 Å². The predicted molar refractivity (Wildman–Crippen MR) is 74.7 cm³/mol. The number of ether oxygens (including phenoxy) is 1. The molecule has 20 heavy (non-hydrogen) atoms. The average Bonchev–Trinajstić information content (AvgIpc) is 2.75. The molecule has 0 spiro atoms. The molecule has 0 radical (unpaired) electrons. The topological polar surface area (TPSA) is 61.2 Å². The minimum absolute atomic E-state index is 0.0116. The largest absolute Gasteiger partial charge is 0.464 e. The second kappa shape index (κ2) is 5.46. The van der Waals surface area contributed by atoms with Crippen molar-refractivity contribution in [3.05, 3.63) is 46.2 Å². The van der Waals surface area contributed by atoms with E-state index in [1.54, 1.807) is 31.2 Å². The van der Waals surface area contributed by atoms with Crippen LogP contribution in [0.5, 0.6) is 0 Å². The minimum atomic E-state index is -0.640. The van der Waals surface area contributed by atoms with Crippen molar-refractivity contribution in [2.75, 3.05) is 7.11 Å². The molecule has 0 aliphatic carbocycles. The molecule has 1 aromatic carbocycles. The van der Waals surface area contributed by atoms with Crippen molar-refractivity contribution in [3.8, 4) is 5.69 Å². The predicted octanol–water partition coefficient (Wildman–Crippen LogP) is 2.82. The number of Topliss-reactive ketones (excluding diaryl/α,β-unsaturated/α-hetero) is 1. The van der Waals surface area contributed by atoms with Gasteiger partial charge in [-0.3, -0.25) is 4.79 Å². The summed E-state index contributed by atoms with van der Waals surface area (Å²) in [5.74, 6) is -0.879. The standard InChI is InChI=1S/C14H13ClN2O3/c1-8-12(9(2)18)13(14(19)20-3)16-17(8)11-6-4-5-10(15)7-11/h4-7H,1-3H3. The molecule has 0 atom stereocenters. The number of aromatic nitrogens is 2. The van der Waals surface area contributed by atoms with Crippen molar-refractivity contribution in [3.63, 3.8) is 0 Å². The summed E-state index contributed by atoms with van der Waals surface area (Å²) >= 11 is 5.95. The van der Waals surface area contributed by atoms with Gasteiger partial charge in [-0.15, -0.1) is 0 Å². The Bertz CT molecular complexity index is 692. The van der Waals surface area contributed by atoms with Crippen molar-refractivity contribution < 1.29 is 14.3 Å². The maximum atomic E-state index is 11.7. The smallest absolute Gasteiger partial charge is 0.359 e. The summed E-state index contributed by atoms with van der Waals surface area (Å²) in [6.45, 7) is 3.11. The van der Waals surface area contributed by atoms with E-state index in [1.807, 2.05) is 0 Å². The quantitative estimate of drug-likeness (QED) is 0.645. The normalized spacial score (nSPS) is 10.4. The number of carbonyl (C=O) groups is 2. The number of carbonyl (C=O) groups excluding carboxylic acids is 2. The molecule has 0 saturated heterocycles. The number of nitrogens with zero attached hydrogens (tertiary/aromatic N) is 2. The highest BCUT2D eigenvalue weighted by molar-refractivity contribution is 6.30. The molecule has 0 aliphatic rings. The Morgan fingerprint density at radius 1 is 1.35 bits per heavy atom. The first-order valence-corrected chi connectivity index (χ1v) is 6.28. The van der Waals surface area contributed by atoms with Gasteiger partial charge in [-0.25, -0.2) is 9.48 Å². The SMILES string of the molecule is COC(=O)c1nn(-c2cccc(Cl)c2)c(C)c1C(C)=O. The summed E-state index contributed by atoms with van der Waals surface area (Å²) in [4.78, 5) is 23.5. The van der Waals surface area contributed by atoms with Gasteiger partial charge in [0.25, 0.3) is 0 Å². The Labute approximate surface area is 121 Å². The molecular weight excluding hydrogens is 280 g/mol. The molecule has 0 saturated carbocycles. The van der Waals surface area contributed by atoms with Crippen molar-refractivity contribution in [1.29, 1.82) is 0 Å². The van der Waals surface area contributed by atoms with Crippen LogP contribution in [0.15, 0.2) is 24.3 Å². The van der Waals surface area contributed by atoms with Gasteiger partial charge in [0, 0.05) is 5.02 Å². The van der Waals surface area contributed by atoms with Crippen molar-refractivity contribution in [2.45, 2.75) is 13.8 Å². The van der Waals surface area contributed by atoms with Gasteiger partial charge in [-0.2, -0.15) is 5.10 Å². The first-order chi connectivity index (χ1) is 9.45. The van der Waals surface area contributed by atoms with Crippen LogP contribution >= 0.6 is 11.6 Å². The summed E-state index contributed by atoms with van der Waals surface area (Å²) in [7, 11) is 1.25. The maximum Gasteiger partial charge on any atom is 0.359 e. The molecular formula is C14H13ClN2O3. The molecule has 0 bridgehead atoms. The molecule has 1 aromatic heterocycles. The van der Waals surface area contributed by atoms with Gasteiger partial charge in [-0.1, -0.05) is 17.7 Å². The number of methoxy groups -OCH3 is 1. The van der Waals surface area contributed by atoms with E-state index >= 15 is 0 Å². The van der Waals surface area contributed by atoms with E-state index in [0.29, 0.717) is 16.4 Å². The fourth-order valence-electron chi connectivity index (χ4n) is 2.02. The fraction of sp³-hybridized carbons (Fsp3) is 0.214. The van der Waals surface area contributed by atoms with Gasteiger partial charge in [0.15, 0.2) is 11.5 Å². The molecule has 5 nitrogen and oxygen atoms in total. The zero-order valence-electron chi connectivity index (χ0n) is 11.3. The first kappa shape index (κ1) is 14.3. The summed E-state index contributed by atoms with van der Waals surface area (Å²) in [5, 5.41) is 4.72. The van der Waals surface area contributed by atoms with Crippen LogP contribution in [0.1, 0.15) is 33.5 Å². The van der Waals surface area contributed by atoms with Gasteiger partial charge in [0.1, 0.15) is 0 Å². The highest BCUT2D eigenvalue weighted by Gasteiger charge is 2.24. The Morgan fingerprint density at radius 3 is 2.60 bits per heavy atom. The lowest BCUT2D eigenvalue weighted by atomic mass is 10.1. The number of ketones is 1. The lowest BCUT2D eigenvalue weighted by Gasteiger charge is -2.04. The van der Waals surface area contributed by atoms with Crippen LogP contribution in [0.3, 0.4) is 0 Å². The zero-order chi connectivity index (χ0) is 14.9. The molecule has 2 rings (SSSR count). The maximum absolute atomic E-state index is 11.7. The molecule has 1 heterocycles. The van der Waals surface area contributed by atoms with Crippen molar-refractivity contribution in [1.82, 2.24) is 9.78 Å². The Morgan fingerprint density at radius 2 is 2.05 bits per heavy atom. The van der Waals surface area contributed by atoms with E-state index in [1.165, 1.54) is 18.7 Å². The van der Waals surface area contributed by atoms with Gasteiger partial charge in [0.05, 0.1) is 24.1 Å². The summed E-state index contributed by atoms with van der Waals surface area (Å²) in [6, 6.07) is 6.99. The molecule has 0 amide bonds. The summed E-state index contributed by atoms with van der Waals surface area (Å²) in [5.41, 5.74) is 1.52. The summed E-state index contributed by atoms with van der Waals surface area (Å²) < 4.78 is 6.17. The van der Waals surface area contributed by atoms with Gasteiger partial charge < -0.3 is 4.74 Å². The van der Waals surface area contributed by atoms with Crippen LogP contribution < -0.4 is 0 Å². The summed E-state index contributed by atoms with van der Waals surface area (Å²) in [6.07, 6.45) is 0. The average molecular weight is 293 g/mol. The molecule has 0 N–H and O–H groups in total. The second-order valence-electron chi connectivity index (χ2n) is 4.25. The van der Waals surface area contributed by atoms with Crippen LogP contribution in [-0.4, -0.2) is 28.6 Å². The third-order valence-electron chi connectivity index (χ3n) is 2.90. The van der Waals surface area contributed by atoms with Crippen LogP contribution in [0, 0.1) is 6.92 Å². The molecule has 0 fully saturated rings. The Balaban J connectivity index is 2.67. The zero-order valence-corrected chi connectivity index (χ0v) is 12.1. The van der Waals surface area contributed by atoms with E-state index < -0.39 is 5.97 Å². The van der Waals surface area contributed by atoms with Crippen LogP contribution in [0.25, 0.3) is 5.69 Å². The van der Waals surface area contributed by atoms with E-state index in [9.17, 15) is 9.59 Å². The number of esters is 1. The van der Waals surface area contributed by atoms with Crippen LogP contribution in [0.4, 0.5) is 0 Å². The third kappa shape index (κ3) is 2.44. The second-order valence-corrected chi connectivity index (χ2v) is 4.68. The number of halogens is 1. The monoisotopic (exact) mass is 292 g/mol. The van der Waals surface area contributed by atoms with Crippen molar-refractivity contribution in [2.24, 2.45) is 0 Å². The first-order valence-electron chi connectivity index (χ1n) is 5.90. The van der Waals surface area contributed by atoms with E-state index in [2.05, 4.69) is 9.84 Å². The molecule has 0 aliphatic heterocycles. The van der Waals surface area contributed by atoms with Crippen molar-refractivity contribution >= 4 is 23.4 Å². The van der Waals surface area contributed by atoms with Crippen LogP contribution in [-0.2, 0) is 4.74 Å². The van der Waals surface area contributed by atoms with E-state index in [4.69, 9.17) is 11.6 Å². The van der Waals surface area contributed by atoms with Gasteiger partial charge in [0.2, 0.25) is 0 Å². The van der Waals surface area contributed by atoms with Crippen LogP contribution in [0.2, 0.25) is 5.02 Å². The Kier molecular flexibility index (Phi) is 3.90. The molecule has 6 heteroatoms. The third-order valence-corrected chi connectivity index (χ3v) is 3.13. The van der Waals surface area contributed by atoms with Gasteiger partial charge in [-0.05, 0) is 32.0 Å². The molecule has 0 unspecified atom stereocenters. The minimum Gasteiger partial charge on any atom is -0.464 e. The van der Waals surface area contributed by atoms with E-state index in [0.717, 1.165) is 0 Å². The number of benzene rings is 1. The molecule has 104 valence electrons.